The lowest BCUT2D eigenvalue weighted by atomic mass is 9.88. The fourth-order valence-corrected chi connectivity index (χ4v) is 7.02. The summed E-state index contributed by atoms with van der Waals surface area (Å²) in [5, 5.41) is 22.6. The van der Waals surface area contributed by atoms with Gasteiger partial charge in [-0.2, -0.15) is 10.2 Å². The predicted molar refractivity (Wildman–Crippen MR) is 259 cm³/mol. The van der Waals surface area contributed by atoms with Gasteiger partial charge in [-0.05, 0) is 113 Å². The third kappa shape index (κ3) is 21.5. The molecule has 0 aliphatic rings. The average molecular weight is 969 g/mol. The van der Waals surface area contributed by atoms with E-state index in [9.17, 15) is 32.9 Å². The van der Waals surface area contributed by atoms with Gasteiger partial charge in [0.05, 0.1) is 17.0 Å². The van der Waals surface area contributed by atoms with Crippen LogP contribution in [0.15, 0.2) is 83.0 Å². The highest BCUT2D eigenvalue weighted by Gasteiger charge is 2.32. The van der Waals surface area contributed by atoms with Crippen molar-refractivity contribution in [2.24, 2.45) is 15.6 Å². The van der Waals surface area contributed by atoms with Crippen molar-refractivity contribution in [3.8, 4) is 5.75 Å². The third-order valence-corrected chi connectivity index (χ3v) is 11.3. The summed E-state index contributed by atoms with van der Waals surface area (Å²) >= 11 is 0. The van der Waals surface area contributed by atoms with Crippen molar-refractivity contribution in [1.82, 2.24) is 26.6 Å². The Morgan fingerprint density at radius 3 is 1.87 bits per heavy atom. The van der Waals surface area contributed by atoms with E-state index in [1.807, 2.05) is 57.1 Å². The number of benzene rings is 3. The van der Waals surface area contributed by atoms with E-state index < -0.39 is 42.7 Å². The van der Waals surface area contributed by atoms with E-state index in [0.29, 0.717) is 94.4 Å². The molecule has 0 fully saturated rings. The number of azo groups is 1. The minimum atomic E-state index is -4.97. The molecule has 0 aliphatic carbocycles. The number of nitrogens with one attached hydrogen (secondary N) is 5. The highest BCUT2D eigenvalue weighted by molar-refractivity contribution is 7.46. The number of carbonyl (C=O) groups is 5. The zero-order valence-electron chi connectivity index (χ0n) is 40.3. The molecular formula is C48H70FN8O10P. The molecule has 0 heterocycles. The van der Waals surface area contributed by atoms with E-state index in [1.165, 1.54) is 25.1 Å². The van der Waals surface area contributed by atoms with Gasteiger partial charge in [-0.3, -0.25) is 33.8 Å². The molecule has 3 aromatic carbocycles. The first-order valence-electron chi connectivity index (χ1n) is 22.9. The maximum atomic E-state index is 14.9. The topological polar surface area (TPSA) is 249 Å². The van der Waals surface area contributed by atoms with E-state index in [0.717, 1.165) is 11.8 Å². The second kappa shape index (κ2) is 27.9. The summed E-state index contributed by atoms with van der Waals surface area (Å²) in [4.78, 5) is 84.1. The number of nitrogens with zero attached hydrogens (tertiary/aromatic N) is 3. The van der Waals surface area contributed by atoms with Crippen LogP contribution in [0.5, 0.6) is 5.75 Å². The molecule has 2 atom stereocenters. The number of alkyl halides is 1. The van der Waals surface area contributed by atoms with Crippen molar-refractivity contribution in [2.75, 3.05) is 51.8 Å². The van der Waals surface area contributed by atoms with E-state index in [4.69, 9.17) is 14.5 Å². The molecule has 0 saturated heterocycles. The van der Waals surface area contributed by atoms with Crippen molar-refractivity contribution < 1.29 is 52.0 Å². The van der Waals surface area contributed by atoms with Crippen LogP contribution < -0.4 is 36.0 Å². The molecule has 0 aliphatic heterocycles. The lowest BCUT2D eigenvalue weighted by molar-refractivity contribution is -0.135. The summed E-state index contributed by atoms with van der Waals surface area (Å²) in [6, 6.07) is 18.8. The zero-order valence-corrected chi connectivity index (χ0v) is 41.2. The maximum Gasteiger partial charge on any atom is 0.524 e. The Bertz CT molecular complexity index is 2170. The first kappa shape index (κ1) is 56.6. The van der Waals surface area contributed by atoms with Crippen LogP contribution >= 0.6 is 7.82 Å². The van der Waals surface area contributed by atoms with Crippen molar-refractivity contribution in [1.29, 1.82) is 0 Å². The normalized spacial score (nSPS) is 12.7. The van der Waals surface area contributed by atoms with Crippen molar-refractivity contribution in [3.05, 3.63) is 83.9 Å². The maximum absolute atomic E-state index is 14.9. The molecule has 7 N–H and O–H groups in total. The Balaban J connectivity index is 1.49. The number of ether oxygens (including phenoxy) is 1. The number of para-hydroxylation sites is 1. The first-order chi connectivity index (χ1) is 32.1. The third-order valence-electron chi connectivity index (χ3n) is 10.9. The van der Waals surface area contributed by atoms with Crippen LogP contribution in [0.3, 0.4) is 0 Å². The Labute approximate surface area is 399 Å². The predicted octanol–water partition coefficient (Wildman–Crippen LogP) is 7.27. The van der Waals surface area contributed by atoms with Gasteiger partial charge in [0.2, 0.25) is 23.9 Å². The minimum Gasteiger partial charge on any atom is -0.404 e. The number of rotatable bonds is 30. The van der Waals surface area contributed by atoms with Crippen LogP contribution in [0, 0.1) is 5.41 Å². The van der Waals surface area contributed by atoms with Gasteiger partial charge in [-0.15, -0.1) is 0 Å². The second-order valence-corrected chi connectivity index (χ2v) is 19.1. The lowest BCUT2D eigenvalue weighted by Gasteiger charge is -2.30. The van der Waals surface area contributed by atoms with E-state index in [1.54, 1.807) is 38.1 Å². The highest BCUT2D eigenvalue weighted by Crippen LogP contribution is 2.41. The molecule has 5 amide bonds. The number of unbranched alkanes of at least 4 members (excludes halogenated alkanes) is 4. The van der Waals surface area contributed by atoms with Gasteiger partial charge in [0, 0.05) is 76.0 Å². The van der Waals surface area contributed by atoms with Gasteiger partial charge in [0.15, 0.2) is 0 Å². The summed E-state index contributed by atoms with van der Waals surface area (Å²) in [7, 11) is -1.05. The van der Waals surface area contributed by atoms with Crippen LogP contribution in [-0.2, 0) is 28.5 Å². The number of halogens is 1. The van der Waals surface area contributed by atoms with Crippen LogP contribution in [0.1, 0.15) is 114 Å². The molecule has 2 unspecified atom stereocenters. The molecule has 3 rings (SSSR count). The van der Waals surface area contributed by atoms with Crippen LogP contribution in [-0.4, -0.2) is 97.8 Å². The highest BCUT2D eigenvalue weighted by atomic mass is 31.2. The van der Waals surface area contributed by atoms with E-state index >= 15 is 0 Å². The Morgan fingerprint density at radius 2 is 1.28 bits per heavy atom. The molecule has 0 aromatic heterocycles. The van der Waals surface area contributed by atoms with Crippen molar-refractivity contribution in [3.63, 3.8) is 0 Å². The number of anilines is 1. The fraction of sp³-hybridized carbons (Fsp3) is 0.521. The molecule has 374 valence electrons. The molecule has 20 heteroatoms. The van der Waals surface area contributed by atoms with Gasteiger partial charge in [0.1, 0.15) is 11.8 Å². The van der Waals surface area contributed by atoms with Gasteiger partial charge < -0.3 is 40.7 Å². The monoisotopic (exact) mass is 968 g/mol. The number of amides is 5. The number of hydrogen-bond acceptors (Lipinski definition) is 11. The molecule has 0 radical (unpaired) electrons. The number of phosphoric ester groups is 1. The Kier molecular flexibility index (Phi) is 23.2. The van der Waals surface area contributed by atoms with Crippen LogP contribution in [0.4, 0.5) is 21.5 Å². The van der Waals surface area contributed by atoms with Gasteiger partial charge in [-0.25, -0.2) is 8.96 Å². The molecule has 0 spiro atoms. The van der Waals surface area contributed by atoms with Gasteiger partial charge >= 0.3 is 7.82 Å². The molecule has 0 saturated carbocycles. The minimum absolute atomic E-state index is 0.124. The smallest absolute Gasteiger partial charge is 0.404 e. The number of phosphoric acid groups is 1. The van der Waals surface area contributed by atoms with E-state index in [2.05, 4.69) is 41.3 Å². The molecule has 68 heavy (non-hydrogen) atoms. The number of hydrogen-bond donors (Lipinski definition) is 7. The standard InChI is InChI=1S/C48H70FN8O10P/c1-34(58)50-32-27-48(4,5)66-33-28-47(2,3)46(62)54-40(17-12-15-31-51-43(59)35-19-21-36(22-20-35)55-56-37-23-25-38(26-24-37)57(6)7)44(60)52-29-13-8-9-14-30-53-45(61)42(49)39-16-10-11-18-41(39)67-68(63,64)65/h10-11,16,18-26,40,42H,8-9,12-15,17,27-33H2,1-7H3,(H,50,58)(H,51,59)(H,52,60)(H,53,61)(H,54,62)(H2,63,64,65). The Morgan fingerprint density at radius 1 is 0.721 bits per heavy atom. The summed E-state index contributed by atoms with van der Waals surface area (Å²) in [5.41, 5.74) is 1.08. The van der Waals surface area contributed by atoms with Gasteiger partial charge in [0.25, 0.3) is 11.8 Å². The summed E-state index contributed by atoms with van der Waals surface area (Å²) in [6.45, 7) is 10.4. The SMILES string of the molecule is CC(=O)NCCC(C)(C)OCCC(C)(C)C(=O)NC(CCCCNC(=O)c1ccc(N=Nc2ccc(N(C)C)cc2)cc1)C(=O)NCCCCCCNC(=O)C(F)c1ccccc1OP(=O)(O)O. The largest absolute Gasteiger partial charge is 0.524 e. The summed E-state index contributed by atoms with van der Waals surface area (Å²) < 4.78 is 36.8. The molecule has 0 bridgehead atoms. The van der Waals surface area contributed by atoms with E-state index in [-0.39, 0.29) is 42.3 Å². The van der Waals surface area contributed by atoms with Crippen LogP contribution in [0.2, 0.25) is 0 Å². The fourth-order valence-electron chi connectivity index (χ4n) is 6.60. The summed E-state index contributed by atoms with van der Waals surface area (Å²) in [5.74, 6) is -2.44. The quantitative estimate of drug-likeness (QED) is 0.0199. The second-order valence-electron chi connectivity index (χ2n) is 17.9. The average Bonchev–Trinajstić information content (AvgIpc) is 3.27. The number of carbonyl (C=O) groups excluding carboxylic acids is 5. The van der Waals surface area contributed by atoms with Gasteiger partial charge in [-0.1, -0.05) is 44.9 Å². The zero-order chi connectivity index (χ0) is 50.3. The molecular weight excluding hydrogens is 899 g/mol. The first-order valence-corrected chi connectivity index (χ1v) is 24.4. The summed E-state index contributed by atoms with van der Waals surface area (Å²) in [6.07, 6.45) is 2.58. The van der Waals surface area contributed by atoms with Crippen LogP contribution in [0.25, 0.3) is 0 Å². The molecule has 3 aromatic rings. The van der Waals surface area contributed by atoms with Crippen molar-refractivity contribution in [2.45, 2.75) is 110 Å². The molecule has 18 nitrogen and oxygen atoms in total. The Hall–Kier alpha value is -5.75. The van der Waals surface area contributed by atoms with Crippen molar-refractivity contribution >= 4 is 54.4 Å². The lowest BCUT2D eigenvalue weighted by Crippen LogP contribution is -2.50.